The van der Waals surface area contributed by atoms with Gasteiger partial charge in [0.1, 0.15) is 0 Å². The average molecular weight is 350 g/mol. The second-order valence-electron chi connectivity index (χ2n) is 6.59. The van der Waals surface area contributed by atoms with Crippen LogP contribution in [0.1, 0.15) is 57.8 Å². The molecule has 6 heteroatoms. The van der Waals surface area contributed by atoms with E-state index >= 15 is 0 Å². The molecule has 0 aliphatic heterocycles. The number of fused-ring (bicyclic) bond motifs is 1. The van der Waals surface area contributed by atoms with E-state index < -0.39 is 12.1 Å². The van der Waals surface area contributed by atoms with Crippen LogP contribution >= 0.6 is 0 Å². The van der Waals surface area contributed by atoms with E-state index in [0.29, 0.717) is 33.8 Å². The van der Waals surface area contributed by atoms with Crippen LogP contribution in [0.15, 0.2) is 40.9 Å². The molecule has 1 fully saturated rings. The molecule has 0 spiro atoms. The Morgan fingerprint density at radius 2 is 1.96 bits per heavy atom. The van der Waals surface area contributed by atoms with E-state index in [1.807, 2.05) is 6.07 Å². The van der Waals surface area contributed by atoms with E-state index in [2.05, 4.69) is 10.1 Å². The summed E-state index contributed by atoms with van der Waals surface area (Å²) >= 11 is 0. The molecular formula is C20H18N2O4. The van der Waals surface area contributed by atoms with Gasteiger partial charge >= 0.3 is 5.97 Å². The van der Waals surface area contributed by atoms with Gasteiger partial charge in [0.05, 0.1) is 16.6 Å². The van der Waals surface area contributed by atoms with E-state index in [1.165, 1.54) is 0 Å². The molecular weight excluding hydrogens is 332 g/mol. The topological polar surface area (TPSA) is 82.3 Å². The van der Waals surface area contributed by atoms with E-state index in [9.17, 15) is 9.59 Å². The summed E-state index contributed by atoms with van der Waals surface area (Å²) in [6, 6.07) is 10.5. The Morgan fingerprint density at radius 1 is 1.23 bits per heavy atom. The van der Waals surface area contributed by atoms with E-state index in [-0.39, 0.29) is 5.78 Å². The third kappa shape index (κ3) is 2.98. The fraction of sp³-hybridized carbons (Fsp3) is 0.300. The van der Waals surface area contributed by atoms with Crippen molar-refractivity contribution in [3.05, 3.63) is 58.9 Å². The first-order chi connectivity index (χ1) is 12.5. The Balaban J connectivity index is 1.63. The maximum atomic E-state index is 12.8. The lowest BCUT2D eigenvalue weighted by Gasteiger charge is -2.13. The molecule has 1 aliphatic rings. The van der Waals surface area contributed by atoms with Gasteiger partial charge in [0, 0.05) is 17.2 Å². The minimum absolute atomic E-state index is 0.242. The SMILES string of the molecule is Cc1noc2nc(C3CC3)cc(C(=O)O[C@H](C)C(=O)c3ccccc3)c12. The van der Waals surface area contributed by atoms with Gasteiger partial charge in [-0.3, -0.25) is 4.79 Å². The molecule has 26 heavy (non-hydrogen) atoms. The number of carbonyl (C=O) groups is 2. The van der Waals surface area contributed by atoms with Gasteiger partial charge in [0.2, 0.25) is 5.78 Å². The molecule has 0 unspecified atom stereocenters. The first-order valence-corrected chi connectivity index (χ1v) is 8.61. The third-order valence-electron chi connectivity index (χ3n) is 4.56. The summed E-state index contributed by atoms with van der Waals surface area (Å²) in [4.78, 5) is 29.7. The molecule has 0 amide bonds. The molecule has 4 rings (SSSR count). The summed E-state index contributed by atoms with van der Waals surface area (Å²) in [6.07, 6.45) is 1.20. The fourth-order valence-corrected chi connectivity index (χ4v) is 2.98. The zero-order valence-electron chi connectivity index (χ0n) is 14.6. The molecule has 1 aliphatic carbocycles. The van der Waals surface area contributed by atoms with Crippen molar-refractivity contribution < 1.29 is 18.8 Å². The van der Waals surface area contributed by atoms with Crippen LogP contribution in [0.2, 0.25) is 0 Å². The van der Waals surface area contributed by atoms with Gasteiger partial charge in [-0.25, -0.2) is 9.78 Å². The molecule has 0 radical (unpaired) electrons. The number of aromatic nitrogens is 2. The third-order valence-corrected chi connectivity index (χ3v) is 4.56. The number of esters is 1. The Hall–Kier alpha value is -3.02. The predicted octanol–water partition coefficient (Wildman–Crippen LogP) is 3.84. The van der Waals surface area contributed by atoms with Gasteiger partial charge in [0.15, 0.2) is 6.10 Å². The molecule has 2 heterocycles. The summed E-state index contributed by atoms with van der Waals surface area (Å²) in [5, 5.41) is 4.45. The number of benzene rings is 1. The molecule has 0 N–H and O–H groups in total. The van der Waals surface area contributed by atoms with Crippen molar-refractivity contribution in [1.82, 2.24) is 10.1 Å². The Kier molecular flexibility index (Phi) is 4.03. The lowest BCUT2D eigenvalue weighted by Crippen LogP contribution is -2.24. The predicted molar refractivity (Wildman–Crippen MR) is 94.2 cm³/mol. The Morgan fingerprint density at radius 3 is 2.65 bits per heavy atom. The van der Waals surface area contributed by atoms with Crippen LogP contribution in [0.3, 0.4) is 0 Å². The van der Waals surface area contributed by atoms with Crippen molar-refractivity contribution in [2.24, 2.45) is 0 Å². The molecule has 0 bridgehead atoms. The van der Waals surface area contributed by atoms with Crippen molar-refractivity contribution in [2.45, 2.75) is 38.7 Å². The molecule has 132 valence electrons. The number of nitrogens with zero attached hydrogens (tertiary/aromatic N) is 2. The number of aryl methyl sites for hydroxylation is 1. The molecule has 6 nitrogen and oxygen atoms in total. The van der Waals surface area contributed by atoms with Gasteiger partial charge in [-0.1, -0.05) is 35.5 Å². The van der Waals surface area contributed by atoms with E-state index in [0.717, 1.165) is 18.5 Å². The zero-order valence-corrected chi connectivity index (χ0v) is 14.6. The number of rotatable bonds is 5. The van der Waals surface area contributed by atoms with Crippen LogP contribution in [0, 0.1) is 6.92 Å². The molecule has 1 aromatic carbocycles. The van der Waals surface area contributed by atoms with Gasteiger partial charge in [-0.2, -0.15) is 0 Å². The van der Waals surface area contributed by atoms with E-state index in [4.69, 9.17) is 9.26 Å². The van der Waals surface area contributed by atoms with Crippen molar-refractivity contribution in [1.29, 1.82) is 0 Å². The standard InChI is InChI=1S/C20H18N2O4/c1-11-17-15(10-16(13-8-9-13)21-19(17)26-22-11)20(24)25-12(2)18(23)14-6-4-3-5-7-14/h3-7,10,12-13H,8-9H2,1-2H3/t12-/m1/s1. The molecule has 2 aromatic heterocycles. The van der Waals surface area contributed by atoms with Crippen molar-refractivity contribution >= 4 is 22.9 Å². The fourth-order valence-electron chi connectivity index (χ4n) is 2.98. The smallest absolute Gasteiger partial charge is 0.339 e. The maximum Gasteiger partial charge on any atom is 0.339 e. The number of Topliss-reactive ketones (excluding diaryl/α,β-unsaturated/α-hetero) is 1. The average Bonchev–Trinajstić information content (AvgIpc) is 3.44. The minimum Gasteiger partial charge on any atom is -0.451 e. The van der Waals surface area contributed by atoms with Gasteiger partial charge in [-0.15, -0.1) is 0 Å². The van der Waals surface area contributed by atoms with Crippen LogP contribution in [-0.4, -0.2) is 28.0 Å². The number of hydrogen-bond donors (Lipinski definition) is 0. The van der Waals surface area contributed by atoms with Gasteiger partial charge in [0.25, 0.3) is 5.71 Å². The largest absolute Gasteiger partial charge is 0.451 e. The number of ketones is 1. The summed E-state index contributed by atoms with van der Waals surface area (Å²) in [5.74, 6) is -0.462. The normalized spacial score (nSPS) is 15.0. The number of hydrogen-bond acceptors (Lipinski definition) is 6. The second kappa shape index (κ2) is 6.37. The van der Waals surface area contributed by atoms with Crippen LogP contribution in [-0.2, 0) is 4.74 Å². The zero-order chi connectivity index (χ0) is 18.3. The van der Waals surface area contributed by atoms with Crippen LogP contribution < -0.4 is 0 Å². The van der Waals surface area contributed by atoms with Gasteiger partial charge in [-0.05, 0) is 32.8 Å². The van der Waals surface area contributed by atoms with Crippen molar-refractivity contribution in [3.63, 3.8) is 0 Å². The Bertz CT molecular complexity index is 990. The Labute approximate surface area is 150 Å². The summed E-state index contributed by atoms with van der Waals surface area (Å²) < 4.78 is 10.7. The summed E-state index contributed by atoms with van der Waals surface area (Å²) in [6.45, 7) is 3.33. The quantitative estimate of drug-likeness (QED) is 0.514. The number of carbonyl (C=O) groups excluding carboxylic acids is 2. The summed E-state index contributed by atoms with van der Waals surface area (Å²) in [7, 11) is 0. The van der Waals surface area contributed by atoms with Crippen LogP contribution in [0.5, 0.6) is 0 Å². The second-order valence-corrected chi connectivity index (χ2v) is 6.59. The lowest BCUT2D eigenvalue weighted by molar-refractivity contribution is 0.0320. The monoisotopic (exact) mass is 350 g/mol. The number of ether oxygens (including phenoxy) is 1. The molecule has 1 atom stereocenters. The minimum atomic E-state index is -0.891. The first kappa shape index (κ1) is 16.4. The first-order valence-electron chi connectivity index (χ1n) is 8.61. The van der Waals surface area contributed by atoms with E-state index in [1.54, 1.807) is 44.2 Å². The molecule has 0 saturated heterocycles. The highest BCUT2D eigenvalue weighted by Gasteiger charge is 2.30. The highest BCUT2D eigenvalue weighted by molar-refractivity contribution is 6.05. The highest BCUT2D eigenvalue weighted by atomic mass is 16.5. The highest BCUT2D eigenvalue weighted by Crippen LogP contribution is 2.40. The van der Waals surface area contributed by atoms with Crippen LogP contribution in [0.25, 0.3) is 11.1 Å². The van der Waals surface area contributed by atoms with Crippen molar-refractivity contribution in [2.75, 3.05) is 0 Å². The van der Waals surface area contributed by atoms with Crippen LogP contribution in [0.4, 0.5) is 0 Å². The summed E-state index contributed by atoms with van der Waals surface area (Å²) in [5.41, 5.74) is 2.57. The van der Waals surface area contributed by atoms with Gasteiger partial charge < -0.3 is 9.26 Å². The van der Waals surface area contributed by atoms with Crippen molar-refractivity contribution in [3.8, 4) is 0 Å². The maximum absolute atomic E-state index is 12.8. The molecule has 3 aromatic rings. The lowest BCUT2D eigenvalue weighted by atomic mass is 10.1. The molecule has 1 saturated carbocycles. The number of pyridine rings is 1.